The van der Waals surface area contributed by atoms with Gasteiger partial charge in [0.2, 0.25) is 5.58 Å². The molecule has 1 unspecified atom stereocenters. The van der Waals surface area contributed by atoms with Crippen LogP contribution >= 0.6 is 0 Å². The van der Waals surface area contributed by atoms with Gasteiger partial charge in [-0.2, -0.15) is 29.8 Å². The lowest BCUT2D eigenvalue weighted by molar-refractivity contribution is -0.678. The van der Waals surface area contributed by atoms with E-state index in [9.17, 15) is 52.5 Å². The third-order valence-corrected chi connectivity index (χ3v) is 11.5. The Morgan fingerprint density at radius 1 is 0.852 bits per heavy atom. The van der Waals surface area contributed by atoms with Gasteiger partial charge in [-0.05, 0) is 57.6 Å². The van der Waals surface area contributed by atoms with Crippen LogP contribution in [0.2, 0.25) is 0 Å². The number of anilines is 1. The Hall–Kier alpha value is -3.89. The van der Waals surface area contributed by atoms with Gasteiger partial charge in [0.05, 0.1) is 28.2 Å². The van der Waals surface area contributed by atoms with Gasteiger partial charge in [0.15, 0.2) is 29.8 Å². The first-order valence-corrected chi connectivity index (χ1v) is 21.3. The molecule has 54 heavy (non-hydrogen) atoms. The highest BCUT2D eigenvalue weighted by molar-refractivity contribution is 7.86. The van der Waals surface area contributed by atoms with E-state index >= 15 is 8.78 Å². The van der Waals surface area contributed by atoms with Gasteiger partial charge < -0.3 is 14.4 Å². The number of benzene rings is 2. The monoisotopic (exact) mass is 827 g/mol. The van der Waals surface area contributed by atoms with Crippen LogP contribution in [0, 0.1) is 23.3 Å². The number of hydrogen-bond donors (Lipinski definition) is 4. The second-order valence-corrected chi connectivity index (χ2v) is 17.6. The van der Waals surface area contributed by atoms with Crippen molar-refractivity contribution < 1.29 is 75.4 Å². The average Bonchev–Trinajstić information content (AvgIpc) is 3.53. The number of aryl methyl sites for hydroxylation is 1. The van der Waals surface area contributed by atoms with Crippen molar-refractivity contribution in [1.29, 1.82) is 0 Å². The molecule has 0 bridgehead atoms. The first-order valence-electron chi connectivity index (χ1n) is 16.6. The molecular weight excluding hydrogens is 789 g/mol. The molecule has 2 heterocycles. The fourth-order valence-electron chi connectivity index (χ4n) is 6.55. The molecule has 0 amide bonds. The third kappa shape index (κ3) is 10.2. The third-order valence-electron chi connectivity index (χ3n) is 9.05. The van der Waals surface area contributed by atoms with Gasteiger partial charge in [-0.3, -0.25) is 18.5 Å². The van der Waals surface area contributed by atoms with Crippen molar-refractivity contribution in [2.24, 2.45) is 0 Å². The predicted molar refractivity (Wildman–Crippen MR) is 186 cm³/mol. The van der Waals surface area contributed by atoms with Gasteiger partial charge in [0.25, 0.3) is 35.9 Å². The number of carboxylic acid groups (broad SMARTS) is 1. The zero-order chi connectivity index (χ0) is 40.2. The molecule has 3 aromatic rings. The summed E-state index contributed by atoms with van der Waals surface area (Å²) in [6, 6.07) is 3.62. The van der Waals surface area contributed by atoms with Gasteiger partial charge in [0.1, 0.15) is 0 Å². The molecule has 21 heteroatoms. The number of allylic oxidation sites excluding steroid dienone is 3. The fraction of sp³-hybridized carbons (Fsp3) is 0.455. The van der Waals surface area contributed by atoms with Crippen LogP contribution in [0.25, 0.3) is 17.2 Å². The van der Waals surface area contributed by atoms with Crippen molar-refractivity contribution in [3.05, 3.63) is 70.8 Å². The van der Waals surface area contributed by atoms with Gasteiger partial charge in [0, 0.05) is 48.2 Å². The topological polar surface area (TPSA) is 221 Å². The van der Waals surface area contributed by atoms with Crippen molar-refractivity contribution in [1.82, 2.24) is 0 Å². The van der Waals surface area contributed by atoms with Crippen LogP contribution in [0.15, 0.2) is 45.4 Å². The van der Waals surface area contributed by atoms with E-state index in [0.29, 0.717) is 24.8 Å². The second-order valence-electron chi connectivity index (χ2n) is 13.0. The van der Waals surface area contributed by atoms with Crippen LogP contribution in [-0.4, -0.2) is 68.0 Å². The fourth-order valence-corrected chi connectivity index (χ4v) is 8.18. The maximum Gasteiger partial charge on any atom is 0.374 e. The molecule has 0 aliphatic carbocycles. The molecular formula is C33H39F4N2O12S3+. The molecule has 0 saturated carbocycles. The number of nitrogens with zero attached hydrogens (tertiary/aromatic N) is 2. The van der Waals surface area contributed by atoms with Crippen LogP contribution in [0.1, 0.15) is 76.2 Å². The zero-order valence-electron chi connectivity index (χ0n) is 28.8. The van der Waals surface area contributed by atoms with Crippen LogP contribution < -0.4 is 9.47 Å². The Bertz CT molecular complexity index is 2310. The highest BCUT2D eigenvalue weighted by atomic mass is 32.2. The Morgan fingerprint density at radius 3 is 2.09 bits per heavy atom. The number of aliphatic carboxylic acids is 1. The minimum atomic E-state index is -4.62. The molecule has 1 aliphatic rings. The Labute approximate surface area is 309 Å². The Kier molecular flexibility index (Phi) is 13.4. The van der Waals surface area contributed by atoms with E-state index in [2.05, 4.69) is 0 Å². The van der Waals surface area contributed by atoms with Crippen molar-refractivity contribution in [2.45, 2.75) is 81.6 Å². The smallest absolute Gasteiger partial charge is 0.374 e. The Balaban J connectivity index is 1.84. The number of carbonyl (C=O) groups is 1. The molecule has 298 valence electrons. The van der Waals surface area contributed by atoms with Crippen molar-refractivity contribution in [2.75, 3.05) is 23.0 Å². The minimum Gasteiger partial charge on any atom is -0.481 e. The van der Waals surface area contributed by atoms with Crippen molar-refractivity contribution >= 4 is 59.2 Å². The molecule has 0 radical (unpaired) electrons. The number of oxazole rings is 1. The number of hydrogen-bond acceptors (Lipinski definition) is 9. The highest BCUT2D eigenvalue weighted by Crippen LogP contribution is 2.54. The van der Waals surface area contributed by atoms with E-state index in [1.807, 2.05) is 0 Å². The van der Waals surface area contributed by atoms with Crippen LogP contribution in [0.5, 0.6) is 0 Å². The van der Waals surface area contributed by atoms with Gasteiger partial charge >= 0.3 is 11.9 Å². The molecule has 1 aromatic heterocycles. The molecule has 0 saturated heterocycles. The second kappa shape index (κ2) is 16.9. The van der Waals surface area contributed by atoms with E-state index in [0.717, 1.165) is 17.0 Å². The summed E-state index contributed by atoms with van der Waals surface area (Å²) in [5, 5.41) is 8.96. The lowest BCUT2D eigenvalue weighted by Gasteiger charge is -2.30. The number of fused-ring (bicyclic) bond motifs is 2. The summed E-state index contributed by atoms with van der Waals surface area (Å²) < 4.78 is 165. The molecule has 0 spiro atoms. The molecule has 0 fully saturated rings. The van der Waals surface area contributed by atoms with E-state index in [1.165, 1.54) is 31.2 Å². The summed E-state index contributed by atoms with van der Waals surface area (Å²) in [7, 11) is -13.4. The highest BCUT2D eigenvalue weighted by Gasteiger charge is 2.49. The first kappa shape index (κ1) is 42.8. The van der Waals surface area contributed by atoms with E-state index in [1.54, 1.807) is 4.57 Å². The number of aromatic nitrogens is 1. The molecule has 1 aliphatic heterocycles. The molecule has 1 atom stereocenters. The average molecular weight is 828 g/mol. The molecule has 14 nitrogen and oxygen atoms in total. The number of carboxylic acids is 1. The molecule has 4 N–H and O–H groups in total. The Morgan fingerprint density at radius 2 is 1.48 bits per heavy atom. The normalized spacial score (nSPS) is 17.3. The van der Waals surface area contributed by atoms with Crippen LogP contribution in [-0.2, 0) is 47.1 Å². The zero-order valence-corrected chi connectivity index (χ0v) is 31.3. The van der Waals surface area contributed by atoms with Crippen molar-refractivity contribution in [3.63, 3.8) is 0 Å². The predicted octanol–water partition coefficient (Wildman–Crippen LogP) is 5.57. The number of rotatable bonds is 19. The summed E-state index contributed by atoms with van der Waals surface area (Å²) in [5.74, 6) is -9.85. The van der Waals surface area contributed by atoms with Crippen molar-refractivity contribution in [3.8, 4) is 0 Å². The van der Waals surface area contributed by atoms with Gasteiger partial charge in [-0.25, -0.2) is 17.6 Å². The quantitative estimate of drug-likeness (QED) is 0.0290. The summed E-state index contributed by atoms with van der Waals surface area (Å²) in [6.07, 6.45) is 4.79. The summed E-state index contributed by atoms with van der Waals surface area (Å²) in [6.45, 7) is 1.37. The minimum absolute atomic E-state index is 0.0328. The summed E-state index contributed by atoms with van der Waals surface area (Å²) in [5.41, 5.74) is -2.44. The lowest BCUT2D eigenvalue weighted by atomic mass is 9.76. The number of unbranched alkanes of at least 4 members (excludes halogenated alkanes) is 4. The first-order chi connectivity index (χ1) is 25.0. The lowest BCUT2D eigenvalue weighted by Crippen LogP contribution is -2.35. The van der Waals surface area contributed by atoms with Crippen LogP contribution in [0.3, 0.4) is 0 Å². The number of halogens is 4. The van der Waals surface area contributed by atoms with E-state index in [-0.39, 0.29) is 68.8 Å². The van der Waals surface area contributed by atoms with E-state index in [4.69, 9.17) is 9.52 Å². The SMILES string of the molecule is CC1(CCCCS(=O)(=O)O)/C(=C\C=C\c2oc3cc(S(=O)(=O)O)ccc3[n+]2CCCCCC(=O)O)N(CCCCS(=O)(=O)O)c2c(F)c(F)c(F)c(F)c21. The van der Waals surface area contributed by atoms with Crippen LogP contribution in [0.4, 0.5) is 23.2 Å². The summed E-state index contributed by atoms with van der Waals surface area (Å²) >= 11 is 0. The van der Waals surface area contributed by atoms with E-state index < -0.39 is 92.7 Å². The van der Waals surface area contributed by atoms with Gasteiger partial charge in [-0.15, -0.1) is 0 Å². The molecule has 2 aromatic carbocycles. The maximum absolute atomic E-state index is 15.7. The maximum atomic E-state index is 15.7. The largest absolute Gasteiger partial charge is 0.481 e. The molecule has 4 rings (SSSR count). The summed E-state index contributed by atoms with van der Waals surface area (Å²) in [4.78, 5) is 11.6. The van der Waals surface area contributed by atoms with Gasteiger partial charge in [-0.1, -0.05) is 12.5 Å². The standard InChI is InChI=1S/C33H38F4N2O12S3/c1-33(15-4-7-18-52(42,43)44)24(39(17-6-8-19-53(45,46)47)32-27(33)28(34)29(35)30(36)31(32)37)10-9-11-25-38(16-5-2-3-12-26(40)41)22-14-13-21(54(48,49)50)20-23(22)51-25/h9-11,13-14,20H,2-8,12,15-19H2,1H3,(H3-,40,41,42,43,44,45,46,47,48,49,50)/p+1.